The van der Waals surface area contributed by atoms with E-state index in [-0.39, 0.29) is 37.0 Å². The van der Waals surface area contributed by atoms with Crippen molar-refractivity contribution in [2.75, 3.05) is 0 Å². The van der Waals surface area contributed by atoms with Gasteiger partial charge < -0.3 is 0 Å². The van der Waals surface area contributed by atoms with Gasteiger partial charge in [-0.05, 0) is 71.9 Å². The van der Waals surface area contributed by atoms with Crippen molar-refractivity contribution < 1.29 is 26.2 Å². The van der Waals surface area contributed by atoms with Crippen molar-refractivity contribution in [1.82, 2.24) is 0 Å². The van der Waals surface area contributed by atoms with E-state index in [4.69, 9.17) is 0 Å². The van der Waals surface area contributed by atoms with E-state index in [1.807, 2.05) is 6.07 Å². The SMILES string of the molecule is Cc1cccc(-c2cccc3[cH-]c(C(C)(C)C)cc23)c1C.Cc1cccc(-c2cccc3[cH-]c(C(C)(C)C)cc23)c1C.[Zr+3].[c-]1cccc2c1[Si]c1ccccc1-2. The fourth-order valence-corrected chi connectivity index (χ4v) is 8.93. The van der Waals surface area contributed by atoms with E-state index in [1.165, 1.54) is 98.7 Å². The van der Waals surface area contributed by atoms with Crippen molar-refractivity contribution in [3.8, 4) is 33.4 Å². The molecule has 56 heavy (non-hydrogen) atoms. The first-order chi connectivity index (χ1) is 26.2. The Morgan fingerprint density at radius 1 is 0.464 bits per heavy atom. The Bertz CT molecular complexity index is 2450. The van der Waals surface area contributed by atoms with Crippen LogP contribution in [0.25, 0.3) is 54.9 Å². The molecular weight excluding hydrogens is 768 g/mol. The minimum Gasteiger partial charge on any atom is -0.184 e. The molecule has 8 aromatic rings. The molecule has 0 nitrogen and oxygen atoms in total. The Morgan fingerprint density at radius 2 is 0.893 bits per heavy atom. The Balaban J connectivity index is 0.000000145. The molecule has 1 aliphatic rings. The van der Waals surface area contributed by atoms with Crippen molar-refractivity contribution in [3.63, 3.8) is 0 Å². The third kappa shape index (κ3) is 8.49. The molecule has 0 amide bonds. The van der Waals surface area contributed by atoms with Gasteiger partial charge in [-0.2, -0.15) is 41.6 Å². The van der Waals surface area contributed by atoms with Crippen LogP contribution in [0.4, 0.5) is 0 Å². The first-order valence-electron chi connectivity index (χ1n) is 19.6. The van der Waals surface area contributed by atoms with E-state index in [0.717, 1.165) is 9.52 Å². The number of aryl methyl sites for hydroxylation is 2. The molecule has 9 rings (SSSR count). The van der Waals surface area contributed by atoms with Crippen molar-refractivity contribution in [3.05, 3.63) is 179 Å². The van der Waals surface area contributed by atoms with E-state index in [9.17, 15) is 0 Å². The largest absolute Gasteiger partial charge is 3.00 e. The summed E-state index contributed by atoms with van der Waals surface area (Å²) < 4.78 is 0. The third-order valence-corrected chi connectivity index (χ3v) is 12.7. The van der Waals surface area contributed by atoms with Crippen LogP contribution in [0.1, 0.15) is 74.9 Å². The minimum atomic E-state index is 0. The van der Waals surface area contributed by atoms with Crippen LogP contribution in [0.3, 0.4) is 0 Å². The van der Waals surface area contributed by atoms with Crippen LogP contribution < -0.4 is 10.4 Å². The molecule has 277 valence electrons. The summed E-state index contributed by atoms with van der Waals surface area (Å²) in [6.07, 6.45) is 0. The van der Waals surface area contributed by atoms with Crippen LogP contribution >= 0.6 is 0 Å². The molecule has 3 radical (unpaired) electrons. The third-order valence-electron chi connectivity index (χ3n) is 11.4. The van der Waals surface area contributed by atoms with Crippen LogP contribution in [-0.4, -0.2) is 9.52 Å². The molecule has 0 atom stereocenters. The summed E-state index contributed by atoms with van der Waals surface area (Å²) >= 11 is 0. The van der Waals surface area contributed by atoms with Crippen molar-refractivity contribution >= 4 is 41.4 Å². The summed E-state index contributed by atoms with van der Waals surface area (Å²) in [5.41, 5.74) is 16.9. The maximum absolute atomic E-state index is 3.31. The van der Waals surface area contributed by atoms with Crippen molar-refractivity contribution in [2.45, 2.75) is 80.1 Å². The van der Waals surface area contributed by atoms with Gasteiger partial charge in [0.25, 0.3) is 0 Å². The molecule has 1 heterocycles. The predicted molar refractivity (Wildman–Crippen MR) is 242 cm³/mol. The fraction of sp³-hybridized carbons (Fsp3) is 0.222. The fourth-order valence-electron chi connectivity index (χ4n) is 7.62. The Labute approximate surface area is 357 Å². The smallest absolute Gasteiger partial charge is 0.184 e. The molecule has 8 aromatic carbocycles. The van der Waals surface area contributed by atoms with E-state index in [0.29, 0.717) is 0 Å². The summed E-state index contributed by atoms with van der Waals surface area (Å²) in [7, 11) is 0.795. The summed E-state index contributed by atoms with van der Waals surface area (Å²) in [6.45, 7) is 22.5. The zero-order valence-electron chi connectivity index (χ0n) is 34.8. The number of fused-ring (bicyclic) bond motifs is 5. The molecular formula is C54H53SiZr. The topological polar surface area (TPSA) is 0 Å². The van der Waals surface area contributed by atoms with Crippen LogP contribution in [0.15, 0.2) is 140 Å². The molecule has 0 aliphatic carbocycles. The zero-order valence-corrected chi connectivity index (χ0v) is 38.2. The zero-order chi connectivity index (χ0) is 39.1. The molecule has 0 saturated heterocycles. The van der Waals surface area contributed by atoms with E-state index >= 15 is 0 Å². The average Bonchev–Trinajstić information content (AvgIpc) is 3.90. The molecule has 0 N–H and O–H groups in total. The summed E-state index contributed by atoms with van der Waals surface area (Å²) in [5.74, 6) is 0. The predicted octanol–water partition coefficient (Wildman–Crippen LogP) is 13.4. The van der Waals surface area contributed by atoms with Gasteiger partial charge in [0.05, 0.1) is 9.52 Å². The quantitative estimate of drug-likeness (QED) is 0.120. The maximum atomic E-state index is 3.31. The summed E-state index contributed by atoms with van der Waals surface area (Å²) in [4.78, 5) is 0. The van der Waals surface area contributed by atoms with E-state index in [2.05, 4.69) is 209 Å². The average molecular weight is 821 g/mol. The van der Waals surface area contributed by atoms with Gasteiger partial charge in [0.15, 0.2) is 0 Å². The van der Waals surface area contributed by atoms with Gasteiger partial charge in [-0.1, -0.05) is 136 Å². The van der Waals surface area contributed by atoms with Crippen LogP contribution in [0.2, 0.25) is 0 Å². The number of hydrogen-bond donors (Lipinski definition) is 0. The monoisotopic (exact) mass is 819 g/mol. The Hall–Kier alpha value is -4.36. The second kappa shape index (κ2) is 16.6. The second-order valence-electron chi connectivity index (χ2n) is 17.2. The Morgan fingerprint density at radius 3 is 1.39 bits per heavy atom. The van der Waals surface area contributed by atoms with Gasteiger partial charge in [-0.15, -0.1) is 74.6 Å². The molecule has 0 bridgehead atoms. The van der Waals surface area contributed by atoms with Gasteiger partial charge in [0.1, 0.15) is 0 Å². The molecule has 0 aromatic heterocycles. The van der Waals surface area contributed by atoms with Gasteiger partial charge in [0, 0.05) is 0 Å². The molecule has 0 fully saturated rings. The first-order valence-corrected chi connectivity index (χ1v) is 20.6. The van der Waals surface area contributed by atoms with Crippen molar-refractivity contribution in [2.24, 2.45) is 0 Å². The first kappa shape index (κ1) is 41.3. The summed E-state index contributed by atoms with van der Waals surface area (Å²) in [5, 5.41) is 8.26. The van der Waals surface area contributed by atoms with Crippen molar-refractivity contribution in [1.29, 1.82) is 0 Å². The van der Waals surface area contributed by atoms with Gasteiger partial charge >= 0.3 is 26.2 Å². The van der Waals surface area contributed by atoms with Gasteiger partial charge in [0.2, 0.25) is 0 Å². The standard InChI is InChI=1S/2C21H23.C12H7Si.Zr/c2*1-14-8-6-10-18(15(14)2)19-11-7-9-16-12-17(13-20(16)19)21(3,4)5;1-3-7-11-9(5-1)10-6-2-4-8-12(10)13-11;/h2*6-13H,1-5H3;1-7H;/q3*-1;+3. The second-order valence-corrected chi connectivity index (χ2v) is 18.5. The van der Waals surface area contributed by atoms with Crippen LogP contribution in [0, 0.1) is 33.8 Å². The minimum absolute atomic E-state index is 0. The normalized spacial score (nSPS) is 11.9. The Kier molecular flexibility index (Phi) is 12.3. The molecule has 2 heteroatoms. The van der Waals surface area contributed by atoms with Gasteiger partial charge in [-0.25, -0.2) is 0 Å². The molecule has 0 saturated carbocycles. The van der Waals surface area contributed by atoms with Gasteiger partial charge in [-0.3, -0.25) is 0 Å². The summed E-state index contributed by atoms with van der Waals surface area (Å²) in [6, 6.07) is 54.0. The molecule has 1 aliphatic heterocycles. The van der Waals surface area contributed by atoms with Crippen LogP contribution in [0.5, 0.6) is 0 Å². The van der Waals surface area contributed by atoms with E-state index < -0.39 is 0 Å². The number of benzene rings is 6. The number of hydrogen-bond acceptors (Lipinski definition) is 0. The maximum Gasteiger partial charge on any atom is 3.00 e. The molecule has 0 unspecified atom stereocenters. The molecule has 0 spiro atoms. The van der Waals surface area contributed by atoms with E-state index in [1.54, 1.807) is 0 Å². The van der Waals surface area contributed by atoms with Crippen LogP contribution in [-0.2, 0) is 37.0 Å². The number of rotatable bonds is 2.